The zero-order chi connectivity index (χ0) is 41.9. The van der Waals surface area contributed by atoms with Gasteiger partial charge in [-0.15, -0.1) is 0 Å². The molecule has 40 heteroatoms. The van der Waals surface area contributed by atoms with E-state index in [2.05, 4.69) is 74.4 Å². The summed E-state index contributed by atoms with van der Waals surface area (Å²) in [6.07, 6.45) is -8.13. The van der Waals surface area contributed by atoms with Crippen LogP contribution in [-0.2, 0) is 137 Å². The van der Waals surface area contributed by atoms with Crippen LogP contribution in [0.1, 0.15) is 44.9 Å². The number of hydrogen-bond donors (Lipinski definition) is 14. The van der Waals surface area contributed by atoms with E-state index < -0.39 is 87.2 Å². The molecule has 0 saturated carbocycles. The van der Waals surface area contributed by atoms with Crippen LogP contribution in [0.4, 0.5) is 0 Å². The first-order valence-electron chi connectivity index (χ1n) is 17.4. The first-order valence-corrected chi connectivity index (χ1v) is 17.4. The Bertz CT molecular complexity index is 733. The van der Waals surface area contributed by atoms with Crippen LogP contribution in [0.2, 0.25) is 0 Å². The molecule has 7 heterocycles. The number of hydrogen-bond acceptors (Lipinski definition) is 14. The van der Waals surface area contributed by atoms with Crippen LogP contribution >= 0.6 is 0 Å². The predicted molar refractivity (Wildman–Crippen MR) is 212 cm³/mol. The first kappa shape index (κ1) is 99.8. The van der Waals surface area contributed by atoms with E-state index in [1.54, 1.807) is 0 Å². The maximum atomic E-state index is 8.69. The largest absolute Gasteiger partial charge is 1.00 e. The second-order valence-corrected chi connectivity index (χ2v) is 11.9. The maximum Gasteiger partial charge on any atom is 1.00 e. The second kappa shape index (κ2) is 62.4. The number of rotatable bonds is 0. The Hall–Kier alpha value is 2.88. The average Bonchev–Trinajstić information content (AvgIpc) is 3.09. The topological polar surface area (TPSA) is 607 Å². The zero-order valence-electron chi connectivity index (χ0n) is 34.9. The average molecular weight is 1390 g/mol. The third kappa shape index (κ3) is 59.7. The van der Waals surface area contributed by atoms with Crippen molar-refractivity contribution >= 4 is 0 Å². The zero-order valence-corrected chi connectivity index (χ0v) is 42.4. The Balaban J connectivity index is -0.0000000523. The molecule has 7 rings (SSSR count). The molecule has 2 radical (unpaired) electrons. The van der Waals surface area contributed by atoms with E-state index in [-0.39, 0.29) is 250 Å². The summed E-state index contributed by atoms with van der Waals surface area (Å²) in [6.45, 7) is 1.57. The van der Waals surface area contributed by atoms with Gasteiger partial charge in [0.05, 0.1) is 0 Å². The summed E-state index contributed by atoms with van der Waals surface area (Å²) in [5.74, 6) is 0. The molecule has 0 aromatic rings. The van der Waals surface area contributed by atoms with E-state index in [0.717, 1.165) is 0 Å². The summed E-state index contributed by atoms with van der Waals surface area (Å²) in [4.78, 5) is 0. The summed E-state index contributed by atoms with van der Waals surface area (Å²) in [7, 11) is 0. The van der Waals surface area contributed by atoms with Crippen molar-refractivity contribution < 1.29 is 230 Å². The van der Waals surface area contributed by atoms with Gasteiger partial charge in [-0.1, -0.05) is 0 Å². The summed E-state index contributed by atoms with van der Waals surface area (Å²) in [5, 5.41) is 172. The molecular formula is C28H64Cu8N14O18-8. The summed E-state index contributed by atoms with van der Waals surface area (Å²) >= 11 is 0. The molecule has 22 N–H and O–H groups in total. The Morgan fingerprint density at radius 3 is 0.265 bits per heavy atom. The van der Waals surface area contributed by atoms with Crippen LogP contribution in [0.15, 0.2) is 0 Å². The number of aliphatic hydroxyl groups excluding tert-OH is 14. The molecule has 14 unspecified atom stereocenters. The van der Waals surface area contributed by atoms with E-state index in [9.17, 15) is 0 Å². The van der Waals surface area contributed by atoms with Crippen molar-refractivity contribution in [2.75, 3.05) is 46.7 Å². The van der Waals surface area contributed by atoms with E-state index in [0.29, 0.717) is 0 Å². The van der Waals surface area contributed by atoms with Crippen LogP contribution < -0.4 is 0 Å². The molecule has 450 valence electrons. The summed E-state index contributed by atoms with van der Waals surface area (Å²) in [5.41, 5.74) is 0. The summed E-state index contributed by atoms with van der Waals surface area (Å²) in [6, 6.07) is 0. The minimum atomic E-state index is -0.706. The van der Waals surface area contributed by atoms with Gasteiger partial charge in [0.15, 0.2) is 0 Å². The Kier molecular flexibility index (Phi) is 91.6. The SMILES string of the molecule is O.O.O.O.OC1CC(O)[N-]C[N-]1.OC1CC(O)[N-]C[N-]1.OC1CC(O)[N-]C[N-]1.OC1CC(O)[N-]C[N-]1.OC1CC(O)[N-]C[N-]1.OC1CC(O)[N-]C[N-]1.OC1CC(O)[N-]C[N-]1.[Cu+].[Cu+].[Cu+].[Cu+].[Cu+].[Cu+].[Cu].[Cu]. The molecule has 0 amide bonds. The van der Waals surface area contributed by atoms with Crippen LogP contribution in [0.3, 0.4) is 0 Å². The van der Waals surface area contributed by atoms with Crippen LogP contribution in [0, 0.1) is 0 Å². The fourth-order valence-electron chi connectivity index (χ4n) is 4.01. The molecule has 0 aromatic carbocycles. The normalized spacial score (nSPS) is 32.7. The number of nitrogens with zero attached hydrogens (tertiary/aromatic N) is 14. The van der Waals surface area contributed by atoms with Crippen LogP contribution in [0.25, 0.3) is 74.4 Å². The van der Waals surface area contributed by atoms with Gasteiger partial charge in [-0.25, -0.2) is 0 Å². The molecule has 0 bridgehead atoms. The minimum Gasteiger partial charge on any atom is -0.655 e. The maximum absolute atomic E-state index is 8.69. The molecule has 0 spiro atoms. The van der Waals surface area contributed by atoms with Gasteiger partial charge in [-0.3, -0.25) is 46.7 Å². The molecular weight excluding hydrogens is 1330 g/mol. The monoisotopic (exact) mass is 1390 g/mol. The molecule has 7 aliphatic rings. The van der Waals surface area contributed by atoms with E-state index >= 15 is 0 Å². The van der Waals surface area contributed by atoms with Crippen LogP contribution in [-0.4, -0.2) is 227 Å². The molecule has 7 fully saturated rings. The van der Waals surface area contributed by atoms with Crippen molar-refractivity contribution in [3.63, 3.8) is 0 Å². The Labute approximate surface area is 479 Å². The van der Waals surface area contributed by atoms with Gasteiger partial charge in [0, 0.05) is 34.1 Å². The minimum absolute atomic E-state index is 0. The molecule has 7 aliphatic heterocycles. The second-order valence-electron chi connectivity index (χ2n) is 11.9. The van der Waals surface area contributed by atoms with Crippen molar-refractivity contribution in [2.24, 2.45) is 0 Å². The van der Waals surface area contributed by atoms with Gasteiger partial charge in [0.2, 0.25) is 0 Å². The number of aliphatic hydroxyl groups is 14. The predicted octanol–water partition coefficient (Wildman–Crippen LogP) is -5.20. The third-order valence-electron chi connectivity index (χ3n) is 7.05. The Morgan fingerprint density at radius 1 is 0.176 bits per heavy atom. The standard InChI is InChI=1S/7C4H8N2O2.8Cu.4H2O/c7*7-3-1-4(8)6-2-5-3;;;;;;;;;;;;/h7*3-4,7-8H,1-2H2;;;;;;;;;4*1H2/q7*-2;;;6*+1;;;;. The molecule has 32 nitrogen and oxygen atoms in total. The van der Waals surface area contributed by atoms with Gasteiger partial charge >= 0.3 is 102 Å². The van der Waals surface area contributed by atoms with E-state index in [1.165, 1.54) is 0 Å². The van der Waals surface area contributed by atoms with E-state index in [4.69, 9.17) is 71.5 Å². The third-order valence-corrected chi connectivity index (χ3v) is 7.05. The van der Waals surface area contributed by atoms with Gasteiger partial charge in [0.1, 0.15) is 0 Å². The first-order chi connectivity index (χ1) is 26.5. The Morgan fingerprint density at radius 2 is 0.235 bits per heavy atom. The fourth-order valence-corrected chi connectivity index (χ4v) is 4.01. The van der Waals surface area contributed by atoms with Gasteiger partial charge in [-0.05, 0) is 132 Å². The van der Waals surface area contributed by atoms with Gasteiger partial charge in [-0.2, -0.15) is 0 Å². The van der Waals surface area contributed by atoms with Crippen molar-refractivity contribution in [3.05, 3.63) is 74.4 Å². The molecule has 14 atom stereocenters. The van der Waals surface area contributed by atoms with Gasteiger partial charge < -0.3 is 168 Å². The summed E-state index contributed by atoms with van der Waals surface area (Å²) < 4.78 is 0. The quantitative estimate of drug-likeness (QED) is 0.101. The van der Waals surface area contributed by atoms with E-state index in [1.807, 2.05) is 0 Å². The fraction of sp³-hybridized carbons (Fsp3) is 1.00. The van der Waals surface area contributed by atoms with Crippen molar-refractivity contribution in [1.29, 1.82) is 0 Å². The van der Waals surface area contributed by atoms with Crippen LogP contribution in [0.5, 0.6) is 0 Å². The smallest absolute Gasteiger partial charge is 0.655 e. The van der Waals surface area contributed by atoms with Gasteiger partial charge in [0.25, 0.3) is 0 Å². The van der Waals surface area contributed by atoms with Crippen molar-refractivity contribution in [1.82, 2.24) is 0 Å². The molecule has 0 aliphatic carbocycles. The molecule has 0 aromatic heterocycles. The molecule has 7 saturated heterocycles. The molecule has 68 heavy (non-hydrogen) atoms. The van der Waals surface area contributed by atoms with Crippen molar-refractivity contribution in [3.8, 4) is 0 Å². The van der Waals surface area contributed by atoms with Crippen molar-refractivity contribution in [2.45, 2.75) is 132 Å².